The molecule has 128 valence electrons. The van der Waals surface area contributed by atoms with Gasteiger partial charge in [0.25, 0.3) is 5.56 Å². The van der Waals surface area contributed by atoms with Gasteiger partial charge in [-0.15, -0.1) is 0 Å². The molecule has 2 nitrogen and oxygen atoms in total. The van der Waals surface area contributed by atoms with Gasteiger partial charge in [-0.25, -0.2) is 0 Å². The monoisotopic (exact) mass is 331 g/mol. The summed E-state index contributed by atoms with van der Waals surface area (Å²) in [6.45, 7) is 13.2. The minimum absolute atomic E-state index is 0.0479. The van der Waals surface area contributed by atoms with Crippen LogP contribution in [0.1, 0.15) is 52.7 Å². The Morgan fingerprint density at radius 2 is 1.44 bits per heavy atom. The van der Waals surface area contributed by atoms with E-state index in [4.69, 9.17) is 0 Å². The van der Waals surface area contributed by atoms with Crippen molar-refractivity contribution < 1.29 is 0 Å². The number of aromatic nitrogens is 1. The highest BCUT2D eigenvalue weighted by atomic mass is 16.1. The van der Waals surface area contributed by atoms with Crippen molar-refractivity contribution >= 4 is 27.1 Å². The maximum Gasteiger partial charge on any atom is 0.255 e. The first-order valence-electron chi connectivity index (χ1n) is 8.92. The molecule has 0 amide bonds. The third-order valence-electron chi connectivity index (χ3n) is 5.23. The lowest BCUT2D eigenvalue weighted by molar-refractivity contribution is 0.591. The van der Waals surface area contributed by atoms with E-state index in [1.54, 1.807) is 10.5 Å². The summed E-state index contributed by atoms with van der Waals surface area (Å²) < 4.78 is 1.80. The fourth-order valence-corrected chi connectivity index (χ4v) is 3.82. The summed E-state index contributed by atoms with van der Waals surface area (Å²) in [5, 5.41) is 4.78. The second-order valence-corrected chi connectivity index (χ2v) is 9.21. The molecule has 0 unspecified atom stereocenters. The molecule has 0 fully saturated rings. The van der Waals surface area contributed by atoms with Gasteiger partial charge in [0.2, 0.25) is 0 Å². The summed E-state index contributed by atoms with van der Waals surface area (Å²) in [5.41, 5.74) is 3.56. The zero-order chi connectivity index (χ0) is 18.1. The van der Waals surface area contributed by atoms with E-state index < -0.39 is 0 Å². The van der Waals surface area contributed by atoms with E-state index in [9.17, 15) is 4.79 Å². The molecule has 0 bridgehead atoms. The average Bonchev–Trinajstić information content (AvgIpc) is 2.51. The van der Waals surface area contributed by atoms with E-state index >= 15 is 0 Å². The molecule has 0 saturated heterocycles. The molecule has 4 rings (SSSR count). The van der Waals surface area contributed by atoms with Crippen LogP contribution < -0.4 is 5.56 Å². The predicted octanol–water partition coefficient (Wildman–Crippen LogP) is 5.64. The molecule has 25 heavy (non-hydrogen) atoms. The predicted molar refractivity (Wildman–Crippen MR) is 107 cm³/mol. The number of pyridine rings is 2. The quantitative estimate of drug-likeness (QED) is 0.382. The topological polar surface area (TPSA) is 21.5 Å². The number of hydrogen-bond donors (Lipinski definition) is 0. The minimum Gasteiger partial charge on any atom is -0.283 e. The number of nitrogens with zero attached hydrogens (tertiary/aromatic N) is 1. The van der Waals surface area contributed by atoms with E-state index in [0.717, 1.165) is 11.1 Å². The summed E-state index contributed by atoms with van der Waals surface area (Å²) in [7, 11) is 0. The highest BCUT2D eigenvalue weighted by Crippen LogP contribution is 2.37. The van der Waals surface area contributed by atoms with Crippen molar-refractivity contribution in [1.82, 2.24) is 4.40 Å². The second kappa shape index (κ2) is 4.85. The van der Waals surface area contributed by atoms with Crippen molar-refractivity contribution in [3.05, 3.63) is 64.1 Å². The summed E-state index contributed by atoms with van der Waals surface area (Å²) in [4.78, 5) is 12.7. The molecule has 0 aliphatic rings. The standard InChI is InChI=1S/C23H25NO/c1-22(2,3)16-11-14-7-8-17-18(23(4,5)6)13-19(25)24-10-9-15(12-16)20(14)21(17)24/h7-13H,1-6H3. The molecule has 0 radical (unpaired) electrons. The van der Waals surface area contributed by atoms with E-state index in [0.29, 0.717) is 0 Å². The lowest BCUT2D eigenvalue weighted by Gasteiger charge is -2.24. The van der Waals surface area contributed by atoms with Gasteiger partial charge in [-0.2, -0.15) is 0 Å². The Balaban J connectivity index is 2.26. The molecule has 2 heterocycles. The van der Waals surface area contributed by atoms with Crippen LogP contribution in [0.15, 0.2) is 47.4 Å². The van der Waals surface area contributed by atoms with Crippen molar-refractivity contribution in [2.45, 2.75) is 52.4 Å². The van der Waals surface area contributed by atoms with Gasteiger partial charge in [-0.05, 0) is 38.8 Å². The van der Waals surface area contributed by atoms with Gasteiger partial charge in [0.15, 0.2) is 0 Å². The minimum atomic E-state index is -0.0708. The van der Waals surface area contributed by atoms with Crippen LogP contribution in [-0.4, -0.2) is 4.40 Å². The van der Waals surface area contributed by atoms with E-state index in [-0.39, 0.29) is 16.4 Å². The molecular formula is C23H25NO. The Kier molecular flexibility index (Phi) is 3.13. The van der Waals surface area contributed by atoms with Crippen LogP contribution in [0.3, 0.4) is 0 Å². The normalized spacial score (nSPS) is 13.4. The molecule has 4 aromatic rings. The Morgan fingerprint density at radius 1 is 0.800 bits per heavy atom. The number of hydrogen-bond acceptors (Lipinski definition) is 1. The van der Waals surface area contributed by atoms with Crippen LogP contribution in [0.4, 0.5) is 0 Å². The summed E-state index contributed by atoms with van der Waals surface area (Å²) in [6, 6.07) is 12.8. The smallest absolute Gasteiger partial charge is 0.255 e. The van der Waals surface area contributed by atoms with Crippen LogP contribution in [0.2, 0.25) is 0 Å². The SMILES string of the molecule is CC(C)(C)c1cc2ccc3c(C(C)(C)C)cc(=O)n4ccc(c1)c2c34. The van der Waals surface area contributed by atoms with Crippen molar-refractivity contribution in [3.8, 4) is 0 Å². The van der Waals surface area contributed by atoms with E-state index in [2.05, 4.69) is 71.9 Å². The van der Waals surface area contributed by atoms with Crippen LogP contribution in [0.5, 0.6) is 0 Å². The second-order valence-electron chi connectivity index (χ2n) is 9.21. The van der Waals surface area contributed by atoms with Crippen molar-refractivity contribution in [3.63, 3.8) is 0 Å². The van der Waals surface area contributed by atoms with E-state index in [1.807, 2.05) is 6.20 Å². The fourth-order valence-electron chi connectivity index (χ4n) is 3.82. The molecule has 2 heteroatoms. The van der Waals surface area contributed by atoms with Gasteiger partial charge in [0, 0.05) is 23.0 Å². The molecule has 0 spiro atoms. The molecule has 0 aliphatic heterocycles. The van der Waals surface area contributed by atoms with Crippen LogP contribution in [0, 0.1) is 0 Å². The van der Waals surface area contributed by atoms with E-state index in [1.165, 1.54) is 27.1 Å². The summed E-state index contributed by atoms with van der Waals surface area (Å²) in [5.74, 6) is 0. The molecular weight excluding hydrogens is 306 g/mol. The van der Waals surface area contributed by atoms with Gasteiger partial charge in [-0.1, -0.05) is 65.8 Å². The van der Waals surface area contributed by atoms with Gasteiger partial charge >= 0.3 is 0 Å². The number of benzene rings is 2. The molecule has 2 aromatic carbocycles. The third-order valence-corrected chi connectivity index (χ3v) is 5.23. The third kappa shape index (κ3) is 2.35. The maximum atomic E-state index is 12.7. The summed E-state index contributed by atoms with van der Waals surface area (Å²) >= 11 is 0. The summed E-state index contributed by atoms with van der Waals surface area (Å²) in [6.07, 6.45) is 1.92. The molecule has 0 atom stereocenters. The zero-order valence-corrected chi connectivity index (χ0v) is 15.9. The molecule has 0 N–H and O–H groups in total. The molecule has 0 saturated carbocycles. The van der Waals surface area contributed by atoms with Crippen LogP contribution in [0.25, 0.3) is 27.1 Å². The van der Waals surface area contributed by atoms with Crippen LogP contribution in [-0.2, 0) is 10.8 Å². The Morgan fingerprint density at radius 3 is 2.04 bits per heavy atom. The van der Waals surface area contributed by atoms with Crippen molar-refractivity contribution in [1.29, 1.82) is 0 Å². The lowest BCUT2D eigenvalue weighted by atomic mass is 9.82. The largest absolute Gasteiger partial charge is 0.283 e. The Bertz CT molecular complexity index is 1150. The Hall–Kier alpha value is -2.35. The zero-order valence-electron chi connectivity index (χ0n) is 15.9. The first-order chi connectivity index (χ1) is 11.6. The number of rotatable bonds is 0. The highest BCUT2D eigenvalue weighted by Gasteiger charge is 2.22. The lowest BCUT2D eigenvalue weighted by Crippen LogP contribution is -2.20. The van der Waals surface area contributed by atoms with Crippen molar-refractivity contribution in [2.24, 2.45) is 0 Å². The highest BCUT2D eigenvalue weighted by molar-refractivity contribution is 6.15. The first-order valence-corrected chi connectivity index (χ1v) is 8.92. The van der Waals surface area contributed by atoms with Gasteiger partial charge in [0.05, 0.1) is 5.52 Å². The first kappa shape index (κ1) is 16.1. The van der Waals surface area contributed by atoms with Gasteiger partial charge < -0.3 is 0 Å². The molecule has 0 aliphatic carbocycles. The fraction of sp³-hybridized carbons (Fsp3) is 0.348. The molecule has 2 aromatic heterocycles. The van der Waals surface area contributed by atoms with Gasteiger partial charge in [0.1, 0.15) is 0 Å². The van der Waals surface area contributed by atoms with Gasteiger partial charge in [-0.3, -0.25) is 9.20 Å². The van der Waals surface area contributed by atoms with Crippen LogP contribution >= 0.6 is 0 Å². The maximum absolute atomic E-state index is 12.7. The average molecular weight is 331 g/mol. The van der Waals surface area contributed by atoms with Crippen molar-refractivity contribution in [2.75, 3.05) is 0 Å². The Labute approximate surface area is 148 Å².